The monoisotopic (exact) mass is 540 g/mol. The van der Waals surface area contributed by atoms with E-state index in [2.05, 4.69) is 15.9 Å². The maximum Gasteiger partial charge on any atom is 0.300 e. The molecule has 34 heavy (non-hydrogen) atoms. The van der Waals surface area contributed by atoms with Crippen molar-refractivity contribution in [3.63, 3.8) is 0 Å². The summed E-state index contributed by atoms with van der Waals surface area (Å²) >= 11 is 9.70. The molecule has 1 aliphatic heterocycles. The summed E-state index contributed by atoms with van der Waals surface area (Å²) in [6.07, 6.45) is 0. The van der Waals surface area contributed by atoms with E-state index in [0.29, 0.717) is 27.6 Å². The number of benzene rings is 3. The minimum absolute atomic E-state index is 0.0110. The van der Waals surface area contributed by atoms with Crippen LogP contribution in [-0.4, -0.2) is 38.0 Å². The van der Waals surface area contributed by atoms with Gasteiger partial charge in [-0.15, -0.1) is 0 Å². The number of nitrogens with zero attached hydrogens (tertiary/aromatic N) is 2. The Labute approximate surface area is 211 Å². The van der Waals surface area contributed by atoms with Crippen molar-refractivity contribution in [1.82, 2.24) is 0 Å². The first kappa shape index (κ1) is 23.9. The molecule has 1 atom stereocenters. The van der Waals surface area contributed by atoms with Gasteiger partial charge in [0, 0.05) is 35.5 Å². The molecule has 0 aromatic heterocycles. The molecule has 1 saturated heterocycles. The fraction of sp³-hybridized carbons (Fsp3) is 0.154. The van der Waals surface area contributed by atoms with Crippen LogP contribution in [0, 0.1) is 0 Å². The van der Waals surface area contributed by atoms with Crippen molar-refractivity contribution in [2.75, 3.05) is 31.0 Å². The van der Waals surface area contributed by atoms with Crippen molar-refractivity contribution in [3.05, 3.63) is 92.9 Å². The average molecular weight is 542 g/mol. The fourth-order valence-corrected chi connectivity index (χ4v) is 4.45. The molecule has 0 bridgehead atoms. The van der Waals surface area contributed by atoms with Gasteiger partial charge in [0.05, 0.1) is 23.7 Å². The molecule has 174 valence electrons. The smallest absolute Gasteiger partial charge is 0.300 e. The zero-order valence-electron chi connectivity index (χ0n) is 18.8. The first-order chi connectivity index (χ1) is 16.2. The van der Waals surface area contributed by atoms with Crippen LogP contribution in [0.15, 0.2) is 76.8 Å². The Morgan fingerprint density at radius 3 is 2.24 bits per heavy atom. The van der Waals surface area contributed by atoms with Crippen molar-refractivity contribution >= 4 is 56.4 Å². The van der Waals surface area contributed by atoms with Gasteiger partial charge in [-0.05, 0) is 48.0 Å². The SMILES string of the molecule is COc1ccc(N2C(=O)C(=O)/C(=C(/O)c3ccc(Br)cc3)C2c2ccc(N(C)C)cc2)cc1Cl. The van der Waals surface area contributed by atoms with Gasteiger partial charge < -0.3 is 14.7 Å². The van der Waals surface area contributed by atoms with Gasteiger partial charge in [0.25, 0.3) is 11.7 Å². The standard InChI is InChI=1S/C26H22BrClN2O4/c1-29(2)18-10-6-15(7-11-18)23-22(24(31)16-4-8-17(27)9-5-16)25(32)26(33)30(23)19-12-13-21(34-3)20(28)14-19/h4-14,23,31H,1-3H3/b24-22+. The van der Waals surface area contributed by atoms with Gasteiger partial charge in [-0.1, -0.05) is 51.8 Å². The minimum atomic E-state index is -0.843. The van der Waals surface area contributed by atoms with E-state index in [9.17, 15) is 14.7 Å². The first-order valence-corrected chi connectivity index (χ1v) is 11.6. The van der Waals surface area contributed by atoms with Crippen molar-refractivity contribution in [3.8, 4) is 5.75 Å². The molecule has 1 aliphatic rings. The lowest BCUT2D eigenvalue weighted by Gasteiger charge is -2.26. The highest BCUT2D eigenvalue weighted by molar-refractivity contribution is 9.10. The third-order valence-corrected chi connectivity index (χ3v) is 6.52. The second-order valence-corrected chi connectivity index (χ2v) is 9.30. The number of aliphatic hydroxyl groups excluding tert-OH is 1. The predicted octanol–water partition coefficient (Wildman–Crippen LogP) is 5.80. The summed E-state index contributed by atoms with van der Waals surface area (Å²) in [5.74, 6) is -1.31. The maximum atomic E-state index is 13.3. The maximum absolute atomic E-state index is 13.3. The van der Waals surface area contributed by atoms with Crippen molar-refractivity contribution in [1.29, 1.82) is 0 Å². The summed E-state index contributed by atoms with van der Waals surface area (Å²) in [6.45, 7) is 0. The molecule has 0 saturated carbocycles. The first-order valence-electron chi connectivity index (χ1n) is 10.4. The van der Waals surface area contributed by atoms with E-state index >= 15 is 0 Å². The third kappa shape index (κ3) is 4.29. The molecule has 0 aliphatic carbocycles. The van der Waals surface area contributed by atoms with Crippen LogP contribution in [0.3, 0.4) is 0 Å². The van der Waals surface area contributed by atoms with Crippen LogP contribution in [0.25, 0.3) is 5.76 Å². The van der Waals surface area contributed by atoms with E-state index in [1.54, 1.807) is 42.5 Å². The summed E-state index contributed by atoms with van der Waals surface area (Å²) in [5.41, 5.74) is 2.50. The van der Waals surface area contributed by atoms with Gasteiger partial charge in [0.2, 0.25) is 0 Å². The van der Waals surface area contributed by atoms with Crippen molar-refractivity contribution in [2.45, 2.75) is 6.04 Å². The highest BCUT2D eigenvalue weighted by Crippen LogP contribution is 2.43. The number of ether oxygens (including phenoxy) is 1. The number of ketones is 1. The fourth-order valence-electron chi connectivity index (χ4n) is 3.94. The van der Waals surface area contributed by atoms with Crippen LogP contribution < -0.4 is 14.5 Å². The molecule has 3 aromatic rings. The number of amides is 1. The molecule has 1 heterocycles. The van der Waals surface area contributed by atoms with Crippen LogP contribution >= 0.6 is 27.5 Å². The zero-order valence-corrected chi connectivity index (χ0v) is 21.1. The van der Waals surface area contributed by atoms with E-state index in [-0.39, 0.29) is 11.3 Å². The van der Waals surface area contributed by atoms with Crippen molar-refractivity contribution < 1.29 is 19.4 Å². The number of hydrogen-bond acceptors (Lipinski definition) is 5. The van der Waals surface area contributed by atoms with E-state index in [0.717, 1.165) is 10.2 Å². The normalized spacial score (nSPS) is 17.2. The van der Waals surface area contributed by atoms with Crippen LogP contribution in [0.2, 0.25) is 5.02 Å². The molecule has 1 unspecified atom stereocenters. The van der Waals surface area contributed by atoms with E-state index in [1.807, 2.05) is 43.3 Å². The lowest BCUT2D eigenvalue weighted by molar-refractivity contribution is -0.132. The Kier molecular flexibility index (Phi) is 6.68. The molecule has 8 heteroatoms. The van der Waals surface area contributed by atoms with Crippen LogP contribution in [0.5, 0.6) is 5.75 Å². The molecular weight excluding hydrogens is 520 g/mol. The quantitative estimate of drug-likeness (QED) is 0.251. The Bertz CT molecular complexity index is 1290. The minimum Gasteiger partial charge on any atom is -0.507 e. The van der Waals surface area contributed by atoms with Crippen molar-refractivity contribution in [2.24, 2.45) is 0 Å². The summed E-state index contributed by atoms with van der Waals surface area (Å²) in [6, 6.07) is 18.4. The lowest BCUT2D eigenvalue weighted by atomic mass is 9.95. The largest absolute Gasteiger partial charge is 0.507 e. The van der Waals surface area contributed by atoms with Crippen LogP contribution in [0.1, 0.15) is 17.2 Å². The topological polar surface area (TPSA) is 70.1 Å². The number of halogens is 2. The van der Waals surface area contributed by atoms with E-state index in [4.69, 9.17) is 16.3 Å². The van der Waals surface area contributed by atoms with Gasteiger partial charge in [-0.3, -0.25) is 14.5 Å². The second-order valence-electron chi connectivity index (χ2n) is 7.98. The van der Waals surface area contributed by atoms with Gasteiger partial charge in [-0.2, -0.15) is 0 Å². The molecule has 1 N–H and O–H groups in total. The molecule has 0 radical (unpaired) electrons. The number of methoxy groups -OCH3 is 1. The molecule has 3 aromatic carbocycles. The molecule has 1 amide bonds. The summed E-state index contributed by atoms with van der Waals surface area (Å²) in [5, 5.41) is 11.5. The molecule has 4 rings (SSSR count). The number of carbonyl (C=O) groups excluding carboxylic acids is 2. The van der Waals surface area contributed by atoms with E-state index < -0.39 is 17.7 Å². The van der Waals surface area contributed by atoms with Gasteiger partial charge in [-0.25, -0.2) is 0 Å². The second kappa shape index (κ2) is 9.52. The number of hydrogen-bond donors (Lipinski definition) is 1. The van der Waals surface area contributed by atoms with Crippen LogP contribution in [0.4, 0.5) is 11.4 Å². The summed E-state index contributed by atoms with van der Waals surface area (Å²) in [7, 11) is 5.35. The Hall–Kier alpha value is -3.29. The molecule has 6 nitrogen and oxygen atoms in total. The summed E-state index contributed by atoms with van der Waals surface area (Å²) in [4.78, 5) is 29.8. The molecule has 0 spiro atoms. The highest BCUT2D eigenvalue weighted by Gasteiger charge is 2.47. The average Bonchev–Trinajstić information content (AvgIpc) is 3.09. The van der Waals surface area contributed by atoms with Gasteiger partial charge in [0.1, 0.15) is 11.5 Å². The molecule has 1 fully saturated rings. The highest BCUT2D eigenvalue weighted by atomic mass is 79.9. The Balaban J connectivity index is 1.92. The number of Topliss-reactive ketones (excluding diaryl/α,β-unsaturated/α-hetero) is 1. The number of carbonyl (C=O) groups is 2. The number of rotatable bonds is 5. The van der Waals surface area contributed by atoms with Crippen LogP contribution in [-0.2, 0) is 9.59 Å². The molecular formula is C26H22BrClN2O4. The number of aliphatic hydroxyl groups is 1. The lowest BCUT2D eigenvalue weighted by Crippen LogP contribution is -2.29. The van der Waals surface area contributed by atoms with E-state index in [1.165, 1.54) is 12.0 Å². The third-order valence-electron chi connectivity index (χ3n) is 5.70. The summed E-state index contributed by atoms with van der Waals surface area (Å²) < 4.78 is 6.05. The van der Waals surface area contributed by atoms with Gasteiger partial charge >= 0.3 is 0 Å². The predicted molar refractivity (Wildman–Crippen MR) is 138 cm³/mol. The Morgan fingerprint density at radius 2 is 1.68 bits per heavy atom. The van der Waals surface area contributed by atoms with Gasteiger partial charge in [0.15, 0.2) is 0 Å². The Morgan fingerprint density at radius 1 is 1.03 bits per heavy atom. The number of anilines is 2. The zero-order chi connectivity index (χ0) is 24.6.